The van der Waals surface area contributed by atoms with Crippen molar-refractivity contribution < 1.29 is 4.79 Å². The number of ketones is 1. The average molecular weight is 463 g/mol. The number of carbonyl (C=O) groups excluding carboxylic acids is 1. The molecule has 1 heteroatoms. The van der Waals surface area contributed by atoms with E-state index >= 15 is 0 Å². The molecule has 3 aliphatic rings. The van der Waals surface area contributed by atoms with Crippen LogP contribution in [0.5, 0.6) is 0 Å². The fourth-order valence-electron chi connectivity index (χ4n) is 7.12. The maximum Gasteiger partial charge on any atom is 0.143 e. The first-order chi connectivity index (χ1) is 16.3. The zero-order valence-electron chi connectivity index (χ0n) is 22.7. The molecular weight excluding hydrogens is 412 g/mol. The lowest BCUT2D eigenvalue weighted by Crippen LogP contribution is -2.32. The molecule has 0 aromatic carbocycles. The summed E-state index contributed by atoms with van der Waals surface area (Å²) >= 11 is 0. The van der Waals surface area contributed by atoms with Gasteiger partial charge in [-0.1, -0.05) is 83.6 Å². The van der Waals surface area contributed by atoms with Crippen molar-refractivity contribution in [1.29, 1.82) is 0 Å². The molecule has 0 aromatic rings. The third-order valence-corrected chi connectivity index (χ3v) is 9.14. The van der Waals surface area contributed by atoms with Crippen molar-refractivity contribution in [2.45, 2.75) is 98.8 Å². The van der Waals surface area contributed by atoms with Crippen molar-refractivity contribution in [2.24, 2.45) is 41.4 Å². The van der Waals surface area contributed by atoms with Gasteiger partial charge in [0.15, 0.2) is 0 Å². The Morgan fingerprint density at radius 3 is 2.56 bits per heavy atom. The summed E-state index contributed by atoms with van der Waals surface area (Å²) in [4.78, 5) is 13.8. The van der Waals surface area contributed by atoms with Crippen LogP contribution in [0.3, 0.4) is 0 Å². The van der Waals surface area contributed by atoms with Crippen LogP contribution in [0.15, 0.2) is 59.8 Å². The van der Waals surface area contributed by atoms with E-state index in [2.05, 4.69) is 72.1 Å². The highest BCUT2D eigenvalue weighted by Gasteiger charge is 2.45. The Hall–Kier alpha value is -1.63. The minimum Gasteiger partial charge on any atom is -0.299 e. The topological polar surface area (TPSA) is 17.1 Å². The average Bonchev–Trinajstić information content (AvgIpc) is 3.12. The molecule has 2 fully saturated rings. The van der Waals surface area contributed by atoms with Crippen molar-refractivity contribution in [3.05, 3.63) is 59.8 Å². The standard InChI is InChI=1S/C33H50O/c1-8-13-30-28(20-27(9-2)24(6)19-26-14-11-10-12-15-26)21-32(33(30)34)25(7)31-18-23(5)16-17-29(31)22(3)4/h9,11,14-15,22-23,28-32H,6-8,10,12-13,16-21H2,1-5H3/b27-9+/t23-,28?,29+,30?,31+,32?/m1/s1. The molecule has 0 amide bonds. The van der Waals surface area contributed by atoms with Gasteiger partial charge in [-0.15, -0.1) is 0 Å². The van der Waals surface area contributed by atoms with Crippen molar-refractivity contribution in [3.63, 3.8) is 0 Å². The highest BCUT2D eigenvalue weighted by molar-refractivity contribution is 5.88. The zero-order valence-corrected chi connectivity index (χ0v) is 22.7. The number of Topliss-reactive ketones (excluding diaryl/α,β-unsaturated/α-hetero) is 1. The number of hydrogen-bond acceptors (Lipinski definition) is 1. The fraction of sp³-hybridized carbons (Fsp3) is 0.667. The van der Waals surface area contributed by atoms with Crippen molar-refractivity contribution >= 4 is 5.78 Å². The van der Waals surface area contributed by atoms with Gasteiger partial charge in [0.25, 0.3) is 0 Å². The second-order valence-electron chi connectivity index (χ2n) is 11.9. The molecule has 0 aliphatic heterocycles. The molecule has 0 bridgehead atoms. The molecule has 6 atom stereocenters. The Morgan fingerprint density at radius 2 is 1.94 bits per heavy atom. The first kappa shape index (κ1) is 27.0. The summed E-state index contributed by atoms with van der Waals surface area (Å²) in [5, 5.41) is 0. The molecule has 188 valence electrons. The van der Waals surface area contributed by atoms with E-state index in [9.17, 15) is 4.79 Å². The lowest BCUT2D eigenvalue weighted by Gasteiger charge is -2.40. The quantitative estimate of drug-likeness (QED) is 0.233. The van der Waals surface area contributed by atoms with Gasteiger partial charge in [-0.25, -0.2) is 0 Å². The Kier molecular flexibility index (Phi) is 9.81. The molecule has 0 radical (unpaired) electrons. The molecule has 3 rings (SSSR count). The highest BCUT2D eigenvalue weighted by Crippen LogP contribution is 2.49. The monoisotopic (exact) mass is 462 g/mol. The minimum atomic E-state index is 0.0634. The molecule has 0 heterocycles. The van der Waals surface area contributed by atoms with Crippen molar-refractivity contribution in [3.8, 4) is 0 Å². The van der Waals surface area contributed by atoms with Crippen LogP contribution in [-0.2, 0) is 4.79 Å². The summed E-state index contributed by atoms with van der Waals surface area (Å²) in [5.41, 5.74) is 5.25. The van der Waals surface area contributed by atoms with E-state index in [1.165, 1.54) is 41.6 Å². The van der Waals surface area contributed by atoms with Gasteiger partial charge in [0.2, 0.25) is 0 Å². The van der Waals surface area contributed by atoms with Crippen LogP contribution in [-0.4, -0.2) is 5.78 Å². The van der Waals surface area contributed by atoms with E-state index in [-0.39, 0.29) is 11.8 Å². The van der Waals surface area contributed by atoms with Gasteiger partial charge >= 0.3 is 0 Å². The SMILES string of the molecule is C=C(CC1=CCCC=C1)/C(=C/C)CC1CC(C(=C)[C@@H]2C[C@H](C)CC[C@H]2C(C)C)C(=O)C1CCC. The summed E-state index contributed by atoms with van der Waals surface area (Å²) in [6.07, 6.45) is 20.3. The smallest absolute Gasteiger partial charge is 0.143 e. The Bertz CT molecular complexity index is 835. The van der Waals surface area contributed by atoms with E-state index in [1.54, 1.807) is 0 Å². The third-order valence-electron chi connectivity index (χ3n) is 9.14. The van der Waals surface area contributed by atoms with E-state index in [0.29, 0.717) is 29.5 Å². The number of allylic oxidation sites excluding steroid dienone is 8. The second kappa shape index (κ2) is 12.4. The molecule has 0 spiro atoms. The maximum atomic E-state index is 13.8. The Morgan fingerprint density at radius 1 is 1.18 bits per heavy atom. The van der Waals surface area contributed by atoms with Gasteiger partial charge in [-0.05, 0) is 105 Å². The lowest BCUT2D eigenvalue weighted by atomic mass is 9.65. The van der Waals surface area contributed by atoms with Crippen LogP contribution in [0, 0.1) is 41.4 Å². The van der Waals surface area contributed by atoms with Gasteiger partial charge in [0.05, 0.1) is 0 Å². The van der Waals surface area contributed by atoms with E-state index < -0.39 is 0 Å². The van der Waals surface area contributed by atoms with E-state index in [4.69, 9.17) is 0 Å². The maximum absolute atomic E-state index is 13.8. The summed E-state index contributed by atoms with van der Waals surface area (Å²) < 4.78 is 0. The summed E-state index contributed by atoms with van der Waals surface area (Å²) in [5.74, 6) is 3.77. The van der Waals surface area contributed by atoms with Gasteiger partial charge in [0.1, 0.15) is 5.78 Å². The van der Waals surface area contributed by atoms with Gasteiger partial charge in [-0.2, -0.15) is 0 Å². The third kappa shape index (κ3) is 6.32. The number of carbonyl (C=O) groups is 1. The van der Waals surface area contributed by atoms with Crippen molar-refractivity contribution in [1.82, 2.24) is 0 Å². The molecule has 0 N–H and O–H groups in total. The largest absolute Gasteiger partial charge is 0.299 e. The Labute approximate surface area is 210 Å². The molecular formula is C33H50O. The second-order valence-corrected chi connectivity index (χ2v) is 11.9. The Balaban J connectivity index is 1.74. The van der Waals surface area contributed by atoms with Gasteiger partial charge < -0.3 is 0 Å². The first-order valence-corrected chi connectivity index (χ1v) is 14.2. The van der Waals surface area contributed by atoms with Crippen LogP contribution in [0.25, 0.3) is 0 Å². The van der Waals surface area contributed by atoms with E-state index in [0.717, 1.165) is 50.9 Å². The lowest BCUT2D eigenvalue weighted by molar-refractivity contribution is -0.123. The molecule has 2 saturated carbocycles. The first-order valence-electron chi connectivity index (χ1n) is 14.2. The number of rotatable bonds is 10. The van der Waals surface area contributed by atoms with Crippen LogP contribution < -0.4 is 0 Å². The molecule has 1 nitrogen and oxygen atoms in total. The van der Waals surface area contributed by atoms with Crippen LogP contribution in [0.2, 0.25) is 0 Å². The van der Waals surface area contributed by atoms with Crippen LogP contribution in [0.4, 0.5) is 0 Å². The predicted octanol–water partition coefficient (Wildman–Crippen LogP) is 9.43. The van der Waals surface area contributed by atoms with Gasteiger partial charge in [0, 0.05) is 11.8 Å². The predicted molar refractivity (Wildman–Crippen MR) is 148 cm³/mol. The minimum absolute atomic E-state index is 0.0634. The molecule has 0 saturated heterocycles. The molecule has 34 heavy (non-hydrogen) atoms. The van der Waals surface area contributed by atoms with E-state index in [1.807, 2.05) is 0 Å². The molecule has 3 aliphatic carbocycles. The van der Waals surface area contributed by atoms with Crippen molar-refractivity contribution in [2.75, 3.05) is 0 Å². The summed E-state index contributed by atoms with van der Waals surface area (Å²) in [6.45, 7) is 20.6. The normalized spacial score (nSPS) is 32.2. The van der Waals surface area contributed by atoms with Crippen LogP contribution >= 0.6 is 0 Å². The molecule has 0 aromatic heterocycles. The zero-order chi connectivity index (χ0) is 24.8. The summed E-state index contributed by atoms with van der Waals surface area (Å²) in [6, 6.07) is 0. The number of hydrogen-bond donors (Lipinski definition) is 0. The highest BCUT2D eigenvalue weighted by atomic mass is 16.1. The summed E-state index contributed by atoms with van der Waals surface area (Å²) in [7, 11) is 0. The fourth-order valence-corrected chi connectivity index (χ4v) is 7.12. The molecule has 3 unspecified atom stereocenters. The van der Waals surface area contributed by atoms with Gasteiger partial charge in [-0.3, -0.25) is 4.79 Å². The van der Waals surface area contributed by atoms with Crippen LogP contribution in [0.1, 0.15) is 98.8 Å².